The third-order valence-electron chi connectivity index (χ3n) is 3.31. The fraction of sp³-hybridized carbons (Fsp3) is 0.267. The van der Waals surface area contributed by atoms with E-state index < -0.39 is 10.0 Å². The number of pyridine rings is 1. The number of hydrogen-bond donors (Lipinski definition) is 1. The largest absolute Gasteiger partial charge is 0.326 e. The van der Waals surface area contributed by atoms with E-state index in [1.807, 2.05) is 30.3 Å². The molecule has 2 rings (SSSR count). The fourth-order valence-corrected chi connectivity index (χ4v) is 3.28. The van der Waals surface area contributed by atoms with Gasteiger partial charge >= 0.3 is 0 Å². The molecule has 1 heterocycles. The van der Waals surface area contributed by atoms with Gasteiger partial charge in [-0.15, -0.1) is 0 Å². The highest BCUT2D eigenvalue weighted by atomic mass is 32.2. The monoisotopic (exact) mass is 305 g/mol. The van der Waals surface area contributed by atoms with Gasteiger partial charge in [0.05, 0.1) is 11.4 Å². The van der Waals surface area contributed by atoms with Gasteiger partial charge in [-0.05, 0) is 23.8 Å². The lowest BCUT2D eigenvalue weighted by atomic mass is 10.2. The standard InChI is InChI=1S/C15H19N3O2S/c1-18(15-8-3-2-6-13(15)12-16)21(19,20)11-9-14-7-4-5-10-17-14/h2-8,10H,9,11-12,16H2,1H3. The Morgan fingerprint density at radius 3 is 2.52 bits per heavy atom. The quantitative estimate of drug-likeness (QED) is 0.878. The molecule has 0 amide bonds. The highest BCUT2D eigenvalue weighted by Crippen LogP contribution is 2.21. The number of nitrogens with zero attached hydrogens (tertiary/aromatic N) is 2. The van der Waals surface area contributed by atoms with Gasteiger partial charge in [-0.25, -0.2) is 8.42 Å². The fourth-order valence-electron chi connectivity index (χ4n) is 2.06. The van der Waals surface area contributed by atoms with Gasteiger partial charge in [0, 0.05) is 31.9 Å². The van der Waals surface area contributed by atoms with Crippen molar-refractivity contribution in [1.29, 1.82) is 0 Å². The Morgan fingerprint density at radius 1 is 1.14 bits per heavy atom. The molecule has 6 heteroatoms. The molecule has 0 unspecified atom stereocenters. The van der Waals surface area contributed by atoms with Crippen LogP contribution in [-0.4, -0.2) is 26.2 Å². The summed E-state index contributed by atoms with van der Waals surface area (Å²) in [5, 5.41) is 0. The van der Waals surface area contributed by atoms with E-state index >= 15 is 0 Å². The second-order valence-corrected chi connectivity index (χ2v) is 6.81. The highest BCUT2D eigenvalue weighted by molar-refractivity contribution is 7.92. The molecule has 0 aliphatic rings. The molecule has 5 nitrogen and oxygen atoms in total. The topological polar surface area (TPSA) is 76.3 Å². The Morgan fingerprint density at radius 2 is 1.86 bits per heavy atom. The summed E-state index contributed by atoms with van der Waals surface area (Å²) in [6, 6.07) is 12.7. The molecule has 0 aliphatic heterocycles. The second kappa shape index (κ2) is 6.69. The van der Waals surface area contributed by atoms with E-state index in [-0.39, 0.29) is 5.75 Å². The number of para-hydroxylation sites is 1. The lowest BCUT2D eigenvalue weighted by molar-refractivity contribution is 0.593. The van der Waals surface area contributed by atoms with Crippen molar-refractivity contribution in [1.82, 2.24) is 4.98 Å². The molecule has 112 valence electrons. The van der Waals surface area contributed by atoms with Crippen LogP contribution in [0.25, 0.3) is 0 Å². The lowest BCUT2D eigenvalue weighted by Gasteiger charge is -2.21. The Kier molecular flexibility index (Phi) is 4.93. The van der Waals surface area contributed by atoms with E-state index in [1.54, 1.807) is 25.4 Å². The van der Waals surface area contributed by atoms with E-state index in [9.17, 15) is 8.42 Å². The number of aromatic nitrogens is 1. The lowest BCUT2D eigenvalue weighted by Crippen LogP contribution is -2.31. The Balaban J connectivity index is 2.15. The van der Waals surface area contributed by atoms with Crippen molar-refractivity contribution in [2.45, 2.75) is 13.0 Å². The zero-order valence-electron chi connectivity index (χ0n) is 11.9. The molecule has 1 aromatic carbocycles. The molecule has 0 bridgehead atoms. The molecule has 21 heavy (non-hydrogen) atoms. The van der Waals surface area contributed by atoms with Gasteiger partial charge in [-0.3, -0.25) is 9.29 Å². The molecule has 0 radical (unpaired) electrons. The van der Waals surface area contributed by atoms with Gasteiger partial charge in [0.25, 0.3) is 0 Å². The van der Waals surface area contributed by atoms with Crippen LogP contribution in [0.15, 0.2) is 48.7 Å². The van der Waals surface area contributed by atoms with Gasteiger partial charge < -0.3 is 5.73 Å². The maximum Gasteiger partial charge on any atom is 0.235 e. The molecule has 0 saturated heterocycles. The SMILES string of the molecule is CN(c1ccccc1CN)S(=O)(=O)CCc1ccccn1. The molecule has 0 saturated carbocycles. The number of benzene rings is 1. The van der Waals surface area contributed by atoms with E-state index in [0.29, 0.717) is 18.7 Å². The van der Waals surface area contributed by atoms with Crippen molar-refractivity contribution in [3.05, 3.63) is 59.9 Å². The van der Waals surface area contributed by atoms with E-state index in [1.165, 1.54) is 4.31 Å². The van der Waals surface area contributed by atoms with Crippen molar-refractivity contribution in [2.24, 2.45) is 5.73 Å². The summed E-state index contributed by atoms with van der Waals surface area (Å²) in [4.78, 5) is 4.14. The van der Waals surface area contributed by atoms with Crippen molar-refractivity contribution >= 4 is 15.7 Å². The van der Waals surface area contributed by atoms with Gasteiger partial charge in [0.1, 0.15) is 0 Å². The molecular weight excluding hydrogens is 286 g/mol. The van der Waals surface area contributed by atoms with Crippen LogP contribution in [0.2, 0.25) is 0 Å². The van der Waals surface area contributed by atoms with Crippen LogP contribution < -0.4 is 10.0 Å². The van der Waals surface area contributed by atoms with E-state index in [0.717, 1.165) is 11.3 Å². The minimum absolute atomic E-state index is 0.0133. The van der Waals surface area contributed by atoms with Crippen molar-refractivity contribution in [3.63, 3.8) is 0 Å². The summed E-state index contributed by atoms with van der Waals surface area (Å²) in [6.07, 6.45) is 2.05. The normalized spacial score (nSPS) is 11.3. The van der Waals surface area contributed by atoms with Crippen LogP contribution in [0, 0.1) is 0 Å². The van der Waals surface area contributed by atoms with Crippen LogP contribution in [0.4, 0.5) is 5.69 Å². The van der Waals surface area contributed by atoms with Gasteiger partial charge in [0.15, 0.2) is 0 Å². The van der Waals surface area contributed by atoms with Gasteiger partial charge in [0.2, 0.25) is 10.0 Å². The van der Waals surface area contributed by atoms with Crippen LogP contribution in [0.3, 0.4) is 0 Å². The zero-order chi connectivity index (χ0) is 15.3. The van der Waals surface area contributed by atoms with Crippen LogP contribution in [0.1, 0.15) is 11.3 Å². The molecule has 0 atom stereocenters. The maximum atomic E-state index is 12.4. The van der Waals surface area contributed by atoms with Crippen molar-refractivity contribution in [2.75, 3.05) is 17.1 Å². The summed E-state index contributed by atoms with van der Waals surface area (Å²) in [7, 11) is -1.85. The zero-order valence-corrected chi connectivity index (χ0v) is 12.8. The van der Waals surface area contributed by atoms with Crippen molar-refractivity contribution < 1.29 is 8.42 Å². The number of sulfonamides is 1. The minimum atomic E-state index is -3.41. The first-order valence-corrected chi connectivity index (χ1v) is 8.30. The predicted octanol–water partition coefficient (Wildman–Crippen LogP) is 1.55. The number of anilines is 1. The third kappa shape index (κ3) is 3.80. The minimum Gasteiger partial charge on any atom is -0.326 e. The Hall–Kier alpha value is -1.92. The Labute approximate surface area is 125 Å². The van der Waals surface area contributed by atoms with Crippen LogP contribution in [0.5, 0.6) is 0 Å². The number of hydrogen-bond acceptors (Lipinski definition) is 4. The summed E-state index contributed by atoms with van der Waals surface area (Å²) >= 11 is 0. The average Bonchev–Trinajstić information content (AvgIpc) is 2.53. The summed E-state index contributed by atoms with van der Waals surface area (Å²) < 4.78 is 26.2. The summed E-state index contributed by atoms with van der Waals surface area (Å²) in [5.41, 5.74) is 7.86. The highest BCUT2D eigenvalue weighted by Gasteiger charge is 2.20. The number of nitrogens with two attached hydrogens (primary N) is 1. The summed E-state index contributed by atoms with van der Waals surface area (Å²) in [6.45, 7) is 0.302. The first-order chi connectivity index (χ1) is 10.0. The summed E-state index contributed by atoms with van der Waals surface area (Å²) in [5.74, 6) is 0.0133. The molecule has 1 aromatic heterocycles. The van der Waals surface area contributed by atoms with Crippen LogP contribution in [-0.2, 0) is 23.0 Å². The molecule has 2 N–H and O–H groups in total. The molecule has 0 spiro atoms. The maximum absolute atomic E-state index is 12.4. The molecule has 0 fully saturated rings. The Bertz CT molecular complexity index is 687. The smallest absolute Gasteiger partial charge is 0.235 e. The van der Waals surface area contributed by atoms with Crippen molar-refractivity contribution in [3.8, 4) is 0 Å². The van der Waals surface area contributed by atoms with Gasteiger partial charge in [-0.1, -0.05) is 24.3 Å². The third-order valence-corrected chi connectivity index (χ3v) is 5.06. The molecular formula is C15H19N3O2S. The first kappa shape index (κ1) is 15.5. The predicted molar refractivity (Wildman–Crippen MR) is 84.5 cm³/mol. The van der Waals surface area contributed by atoms with Crippen LogP contribution >= 0.6 is 0 Å². The van der Waals surface area contributed by atoms with E-state index in [2.05, 4.69) is 4.98 Å². The van der Waals surface area contributed by atoms with Gasteiger partial charge in [-0.2, -0.15) is 0 Å². The number of aryl methyl sites for hydroxylation is 1. The molecule has 0 aliphatic carbocycles. The second-order valence-electron chi connectivity index (χ2n) is 4.69. The van der Waals surface area contributed by atoms with E-state index in [4.69, 9.17) is 5.73 Å². The first-order valence-electron chi connectivity index (χ1n) is 6.69. The molecule has 2 aromatic rings. The number of rotatable bonds is 6. The average molecular weight is 305 g/mol.